The standard InChI is InChI=1S/C14H26N4/c1-6-7-8-10(2)16-12-9-11(15)17-13(18-12)14(3,4)5/h9-10H,6-8H2,1-5H3,(H3,15,16,17,18). The van der Waals surface area contributed by atoms with E-state index in [4.69, 9.17) is 5.73 Å². The van der Waals surface area contributed by atoms with Gasteiger partial charge in [-0.3, -0.25) is 0 Å². The highest BCUT2D eigenvalue weighted by Gasteiger charge is 2.18. The number of hydrogen-bond acceptors (Lipinski definition) is 4. The minimum absolute atomic E-state index is 0.0849. The number of nitrogens with two attached hydrogens (primary N) is 1. The van der Waals surface area contributed by atoms with Gasteiger partial charge in [0.25, 0.3) is 0 Å². The lowest BCUT2D eigenvalue weighted by Gasteiger charge is -2.20. The molecule has 0 bridgehead atoms. The first kappa shape index (κ1) is 14.7. The fourth-order valence-electron chi connectivity index (χ4n) is 1.71. The second kappa shape index (κ2) is 6.03. The smallest absolute Gasteiger partial charge is 0.138 e. The molecule has 3 N–H and O–H groups in total. The van der Waals surface area contributed by atoms with E-state index < -0.39 is 0 Å². The van der Waals surface area contributed by atoms with Crippen LogP contribution in [-0.4, -0.2) is 16.0 Å². The van der Waals surface area contributed by atoms with Crippen molar-refractivity contribution in [2.75, 3.05) is 11.1 Å². The van der Waals surface area contributed by atoms with Gasteiger partial charge in [0.15, 0.2) is 0 Å². The molecule has 1 unspecified atom stereocenters. The van der Waals surface area contributed by atoms with E-state index in [2.05, 4.69) is 49.9 Å². The molecular formula is C14H26N4. The summed E-state index contributed by atoms with van der Waals surface area (Å²) < 4.78 is 0. The Labute approximate surface area is 110 Å². The summed E-state index contributed by atoms with van der Waals surface area (Å²) in [6, 6.07) is 2.21. The second-order valence-corrected chi connectivity index (χ2v) is 5.94. The third kappa shape index (κ3) is 4.51. The van der Waals surface area contributed by atoms with Crippen molar-refractivity contribution in [2.45, 2.75) is 65.3 Å². The molecule has 1 rings (SSSR count). The van der Waals surface area contributed by atoms with Crippen molar-refractivity contribution < 1.29 is 0 Å². The first-order chi connectivity index (χ1) is 8.32. The molecule has 0 fully saturated rings. The number of unbranched alkanes of at least 4 members (excludes halogenated alkanes) is 1. The summed E-state index contributed by atoms with van der Waals surface area (Å²) in [5.74, 6) is 2.14. The monoisotopic (exact) mass is 250 g/mol. The molecule has 18 heavy (non-hydrogen) atoms. The van der Waals surface area contributed by atoms with Gasteiger partial charge in [-0.05, 0) is 13.3 Å². The highest BCUT2D eigenvalue weighted by Crippen LogP contribution is 2.21. The van der Waals surface area contributed by atoms with Gasteiger partial charge in [0.2, 0.25) is 0 Å². The van der Waals surface area contributed by atoms with Crippen LogP contribution < -0.4 is 11.1 Å². The van der Waals surface area contributed by atoms with Gasteiger partial charge >= 0.3 is 0 Å². The van der Waals surface area contributed by atoms with Gasteiger partial charge in [-0.2, -0.15) is 0 Å². The maximum Gasteiger partial charge on any atom is 0.138 e. The largest absolute Gasteiger partial charge is 0.384 e. The Kier molecular flexibility index (Phi) is 4.93. The highest BCUT2D eigenvalue weighted by atomic mass is 15.1. The van der Waals surface area contributed by atoms with Gasteiger partial charge in [0, 0.05) is 17.5 Å². The van der Waals surface area contributed by atoms with Crippen LogP contribution in [0, 0.1) is 0 Å². The molecule has 1 heterocycles. The molecule has 102 valence electrons. The number of nitrogen functional groups attached to an aromatic ring is 1. The molecule has 0 aromatic carbocycles. The minimum atomic E-state index is -0.0849. The third-order valence-corrected chi connectivity index (χ3v) is 2.80. The molecule has 4 heteroatoms. The average Bonchev–Trinajstić information content (AvgIpc) is 2.24. The van der Waals surface area contributed by atoms with Crippen LogP contribution in [0.15, 0.2) is 6.07 Å². The summed E-state index contributed by atoms with van der Waals surface area (Å²) in [7, 11) is 0. The fourth-order valence-corrected chi connectivity index (χ4v) is 1.71. The first-order valence-electron chi connectivity index (χ1n) is 6.74. The van der Waals surface area contributed by atoms with E-state index >= 15 is 0 Å². The van der Waals surface area contributed by atoms with Crippen LogP contribution in [0.1, 0.15) is 59.7 Å². The van der Waals surface area contributed by atoms with Crippen molar-refractivity contribution in [3.8, 4) is 0 Å². The Hall–Kier alpha value is -1.32. The highest BCUT2D eigenvalue weighted by molar-refractivity contribution is 5.45. The van der Waals surface area contributed by atoms with Crippen molar-refractivity contribution in [3.05, 3.63) is 11.9 Å². The van der Waals surface area contributed by atoms with Crippen molar-refractivity contribution in [1.29, 1.82) is 0 Å². The molecule has 0 amide bonds. The van der Waals surface area contributed by atoms with Gasteiger partial charge < -0.3 is 11.1 Å². The summed E-state index contributed by atoms with van der Waals surface area (Å²) >= 11 is 0. The zero-order valence-electron chi connectivity index (χ0n) is 12.2. The number of nitrogens with zero attached hydrogens (tertiary/aromatic N) is 2. The average molecular weight is 250 g/mol. The molecule has 1 atom stereocenters. The van der Waals surface area contributed by atoms with Gasteiger partial charge in [0.05, 0.1) is 0 Å². The number of nitrogens with one attached hydrogen (secondary N) is 1. The SMILES string of the molecule is CCCCC(C)Nc1cc(N)nc(C(C)(C)C)n1. The van der Waals surface area contributed by atoms with E-state index in [0.29, 0.717) is 11.9 Å². The van der Waals surface area contributed by atoms with E-state index in [1.807, 2.05) is 0 Å². The molecule has 0 saturated heterocycles. The quantitative estimate of drug-likeness (QED) is 0.841. The molecule has 0 aliphatic heterocycles. The fraction of sp³-hybridized carbons (Fsp3) is 0.714. The van der Waals surface area contributed by atoms with Crippen LogP contribution in [0.4, 0.5) is 11.6 Å². The molecule has 0 saturated carbocycles. The van der Waals surface area contributed by atoms with Crippen molar-refractivity contribution in [1.82, 2.24) is 9.97 Å². The Bertz CT molecular complexity index is 382. The molecule has 0 aliphatic carbocycles. The zero-order chi connectivity index (χ0) is 13.8. The molecule has 0 spiro atoms. The van der Waals surface area contributed by atoms with Crippen LogP contribution in [0.5, 0.6) is 0 Å². The van der Waals surface area contributed by atoms with Crippen LogP contribution >= 0.6 is 0 Å². The lowest BCUT2D eigenvalue weighted by atomic mass is 9.96. The summed E-state index contributed by atoms with van der Waals surface area (Å²) in [4.78, 5) is 8.85. The van der Waals surface area contributed by atoms with Gasteiger partial charge in [0.1, 0.15) is 17.5 Å². The number of hydrogen-bond donors (Lipinski definition) is 2. The summed E-state index contributed by atoms with van der Waals surface area (Å²) in [6.07, 6.45) is 3.58. The summed E-state index contributed by atoms with van der Waals surface area (Å²) in [5.41, 5.74) is 5.76. The topological polar surface area (TPSA) is 63.8 Å². The zero-order valence-corrected chi connectivity index (χ0v) is 12.2. The molecular weight excluding hydrogens is 224 g/mol. The Morgan fingerprint density at radius 2 is 2.00 bits per heavy atom. The van der Waals surface area contributed by atoms with Gasteiger partial charge in [-0.25, -0.2) is 9.97 Å². The normalized spacial score (nSPS) is 13.4. The summed E-state index contributed by atoms with van der Waals surface area (Å²) in [6.45, 7) is 10.6. The molecule has 0 aliphatic rings. The van der Waals surface area contributed by atoms with Crippen LogP contribution in [0.25, 0.3) is 0 Å². The van der Waals surface area contributed by atoms with E-state index in [-0.39, 0.29) is 5.41 Å². The van der Waals surface area contributed by atoms with Crippen molar-refractivity contribution >= 4 is 11.6 Å². The number of aromatic nitrogens is 2. The van der Waals surface area contributed by atoms with E-state index in [0.717, 1.165) is 18.1 Å². The van der Waals surface area contributed by atoms with Gasteiger partial charge in [-0.1, -0.05) is 40.5 Å². The second-order valence-electron chi connectivity index (χ2n) is 5.94. The Morgan fingerprint density at radius 3 is 2.56 bits per heavy atom. The predicted molar refractivity (Wildman–Crippen MR) is 77.8 cm³/mol. The minimum Gasteiger partial charge on any atom is -0.384 e. The van der Waals surface area contributed by atoms with E-state index in [1.54, 1.807) is 6.07 Å². The third-order valence-electron chi connectivity index (χ3n) is 2.80. The van der Waals surface area contributed by atoms with Crippen LogP contribution in [0.3, 0.4) is 0 Å². The van der Waals surface area contributed by atoms with E-state index in [1.165, 1.54) is 12.8 Å². The van der Waals surface area contributed by atoms with Crippen LogP contribution in [-0.2, 0) is 5.41 Å². The molecule has 0 radical (unpaired) electrons. The Morgan fingerprint density at radius 1 is 1.33 bits per heavy atom. The lowest BCUT2D eigenvalue weighted by molar-refractivity contribution is 0.546. The van der Waals surface area contributed by atoms with Crippen molar-refractivity contribution in [2.24, 2.45) is 0 Å². The van der Waals surface area contributed by atoms with E-state index in [9.17, 15) is 0 Å². The molecule has 1 aromatic heterocycles. The molecule has 4 nitrogen and oxygen atoms in total. The van der Waals surface area contributed by atoms with Crippen molar-refractivity contribution in [3.63, 3.8) is 0 Å². The van der Waals surface area contributed by atoms with Crippen LogP contribution in [0.2, 0.25) is 0 Å². The first-order valence-corrected chi connectivity index (χ1v) is 6.74. The Balaban J connectivity index is 2.80. The van der Waals surface area contributed by atoms with Gasteiger partial charge in [-0.15, -0.1) is 0 Å². The predicted octanol–water partition coefficient (Wildman–Crippen LogP) is 3.35. The maximum absolute atomic E-state index is 5.84. The number of anilines is 2. The lowest BCUT2D eigenvalue weighted by Crippen LogP contribution is -2.21. The summed E-state index contributed by atoms with van der Waals surface area (Å²) in [5, 5.41) is 3.40. The number of rotatable bonds is 5. The maximum atomic E-state index is 5.84. The molecule has 1 aromatic rings.